The molecule has 2 spiro atoms. The highest BCUT2D eigenvalue weighted by atomic mass is 16.7. The van der Waals surface area contributed by atoms with Crippen LogP contribution < -0.4 is 0 Å². The normalized spacial score (nSPS) is 33.3. The minimum Gasteiger partial charge on any atom is -0.433 e. The van der Waals surface area contributed by atoms with Crippen LogP contribution >= 0.6 is 0 Å². The van der Waals surface area contributed by atoms with Crippen molar-refractivity contribution >= 4 is 5.97 Å². The summed E-state index contributed by atoms with van der Waals surface area (Å²) in [5.74, 6) is -0.601. The van der Waals surface area contributed by atoms with Crippen molar-refractivity contribution in [1.82, 2.24) is 0 Å². The van der Waals surface area contributed by atoms with Crippen LogP contribution in [0.25, 0.3) is 0 Å². The first kappa shape index (κ1) is 13.4. The van der Waals surface area contributed by atoms with Gasteiger partial charge in [-0.1, -0.05) is 32.6 Å². The first-order valence-corrected chi connectivity index (χ1v) is 8.13. The molecule has 1 aliphatic heterocycles. The lowest BCUT2D eigenvalue weighted by atomic mass is 9.72. The van der Waals surface area contributed by atoms with Crippen LogP contribution in [-0.2, 0) is 14.3 Å². The molecule has 3 rings (SSSR count). The topological polar surface area (TPSA) is 35.5 Å². The summed E-state index contributed by atoms with van der Waals surface area (Å²) < 4.78 is 12.4. The van der Waals surface area contributed by atoms with E-state index in [1.807, 2.05) is 0 Å². The van der Waals surface area contributed by atoms with Gasteiger partial charge in [0.1, 0.15) is 0 Å². The molecule has 0 aromatic heterocycles. The lowest BCUT2D eigenvalue weighted by Gasteiger charge is -2.53. The zero-order valence-corrected chi connectivity index (χ0v) is 12.1. The Kier molecular flexibility index (Phi) is 3.59. The van der Waals surface area contributed by atoms with Gasteiger partial charge in [0.05, 0.1) is 11.5 Å². The van der Waals surface area contributed by atoms with Crippen molar-refractivity contribution in [3.05, 3.63) is 0 Å². The van der Waals surface area contributed by atoms with Gasteiger partial charge < -0.3 is 9.47 Å². The van der Waals surface area contributed by atoms with Crippen LogP contribution in [0.2, 0.25) is 0 Å². The zero-order valence-electron chi connectivity index (χ0n) is 12.1. The van der Waals surface area contributed by atoms with E-state index in [-0.39, 0.29) is 17.5 Å². The van der Waals surface area contributed by atoms with Crippen molar-refractivity contribution < 1.29 is 14.3 Å². The van der Waals surface area contributed by atoms with E-state index < -0.39 is 5.79 Å². The van der Waals surface area contributed by atoms with Gasteiger partial charge in [-0.25, -0.2) is 0 Å². The fraction of sp³-hybridized carbons (Fsp3) is 0.938. The molecule has 3 aliphatic rings. The second kappa shape index (κ2) is 5.08. The molecule has 1 atom stereocenters. The fourth-order valence-corrected chi connectivity index (χ4v) is 4.37. The van der Waals surface area contributed by atoms with E-state index in [1.54, 1.807) is 0 Å². The van der Waals surface area contributed by atoms with Gasteiger partial charge in [-0.2, -0.15) is 0 Å². The Bertz CT molecular complexity index is 338. The summed E-state index contributed by atoms with van der Waals surface area (Å²) >= 11 is 0. The predicted octanol–water partition coefficient (Wildman–Crippen LogP) is 3.95. The van der Waals surface area contributed by atoms with Gasteiger partial charge in [-0.05, 0) is 32.1 Å². The van der Waals surface area contributed by atoms with Gasteiger partial charge in [0.2, 0.25) is 5.79 Å². The molecule has 1 heterocycles. The minimum atomic E-state index is -0.571. The second-order valence-corrected chi connectivity index (χ2v) is 6.58. The number of carbonyl (C=O) groups is 1. The van der Waals surface area contributed by atoms with Crippen LogP contribution in [0.1, 0.15) is 77.6 Å². The van der Waals surface area contributed by atoms with Crippen molar-refractivity contribution in [2.75, 3.05) is 0 Å². The minimum absolute atomic E-state index is 0.0116. The quantitative estimate of drug-likeness (QED) is 0.674. The van der Waals surface area contributed by atoms with Crippen molar-refractivity contribution in [1.29, 1.82) is 0 Å². The smallest absolute Gasteiger partial charge is 0.314 e. The van der Waals surface area contributed by atoms with E-state index in [9.17, 15) is 4.79 Å². The standard InChI is InChI=1S/C16H26O3/c1-2-13-14(17)18-16(11-7-4-8-12-16)19-15(13)9-5-3-6-10-15/h13H,2-12H2,1H3. The Balaban J connectivity index is 1.87. The predicted molar refractivity (Wildman–Crippen MR) is 72.6 cm³/mol. The maximum absolute atomic E-state index is 12.5. The van der Waals surface area contributed by atoms with E-state index in [4.69, 9.17) is 9.47 Å². The van der Waals surface area contributed by atoms with E-state index in [0.29, 0.717) is 0 Å². The van der Waals surface area contributed by atoms with Crippen LogP contribution in [0.5, 0.6) is 0 Å². The van der Waals surface area contributed by atoms with E-state index in [0.717, 1.165) is 44.9 Å². The largest absolute Gasteiger partial charge is 0.433 e. The number of ether oxygens (including phenoxy) is 2. The van der Waals surface area contributed by atoms with E-state index >= 15 is 0 Å². The molecule has 2 aliphatic carbocycles. The SMILES string of the molecule is CCC1C(=O)OC2(CCCCC2)OC12CCCCC2. The molecule has 0 N–H and O–H groups in total. The maximum atomic E-state index is 12.5. The Morgan fingerprint density at radius 3 is 2.16 bits per heavy atom. The fourth-order valence-electron chi connectivity index (χ4n) is 4.37. The summed E-state index contributed by atoms with van der Waals surface area (Å²) in [6.45, 7) is 2.09. The summed E-state index contributed by atoms with van der Waals surface area (Å²) in [7, 11) is 0. The molecule has 3 nitrogen and oxygen atoms in total. The molecule has 0 amide bonds. The molecule has 0 aromatic rings. The van der Waals surface area contributed by atoms with E-state index in [2.05, 4.69) is 6.92 Å². The van der Waals surface area contributed by atoms with E-state index in [1.165, 1.54) is 25.7 Å². The van der Waals surface area contributed by atoms with Crippen LogP contribution in [-0.4, -0.2) is 17.4 Å². The highest BCUT2D eigenvalue weighted by Crippen LogP contribution is 2.50. The van der Waals surface area contributed by atoms with Gasteiger partial charge >= 0.3 is 5.97 Å². The zero-order chi connectivity index (χ0) is 13.3. The maximum Gasteiger partial charge on any atom is 0.314 e. The summed E-state index contributed by atoms with van der Waals surface area (Å²) in [5, 5.41) is 0. The molecule has 0 aromatic carbocycles. The number of carbonyl (C=O) groups excluding carboxylic acids is 1. The number of hydrogen-bond donors (Lipinski definition) is 0. The van der Waals surface area contributed by atoms with Crippen LogP contribution in [0, 0.1) is 5.92 Å². The first-order chi connectivity index (χ1) is 9.20. The third kappa shape index (κ3) is 2.31. The van der Waals surface area contributed by atoms with Crippen LogP contribution in [0.4, 0.5) is 0 Å². The van der Waals surface area contributed by atoms with Crippen molar-refractivity contribution in [2.24, 2.45) is 5.92 Å². The summed E-state index contributed by atoms with van der Waals surface area (Å²) in [6, 6.07) is 0. The Hall–Kier alpha value is -0.570. The molecule has 1 saturated heterocycles. The van der Waals surface area contributed by atoms with Gasteiger partial charge in [-0.3, -0.25) is 4.79 Å². The number of esters is 1. The highest BCUT2D eigenvalue weighted by molar-refractivity contribution is 5.75. The molecule has 108 valence electrons. The molecule has 3 heteroatoms. The third-order valence-electron chi connectivity index (χ3n) is 5.32. The molecule has 0 bridgehead atoms. The summed E-state index contributed by atoms with van der Waals surface area (Å²) in [4.78, 5) is 12.5. The Labute approximate surface area is 116 Å². The van der Waals surface area contributed by atoms with Crippen molar-refractivity contribution in [3.8, 4) is 0 Å². The molecular formula is C16H26O3. The molecule has 1 unspecified atom stereocenters. The lowest BCUT2D eigenvalue weighted by molar-refractivity contribution is -0.335. The van der Waals surface area contributed by atoms with Gasteiger partial charge in [0, 0.05) is 12.8 Å². The molecule has 2 saturated carbocycles. The van der Waals surface area contributed by atoms with Crippen molar-refractivity contribution in [2.45, 2.75) is 88.9 Å². The first-order valence-electron chi connectivity index (χ1n) is 8.13. The summed E-state index contributed by atoms with van der Waals surface area (Å²) in [5.41, 5.74) is -0.209. The Morgan fingerprint density at radius 2 is 1.58 bits per heavy atom. The average molecular weight is 266 g/mol. The average Bonchev–Trinajstić information content (AvgIpc) is 2.40. The summed E-state index contributed by atoms with van der Waals surface area (Å²) in [6.07, 6.45) is 11.9. The van der Waals surface area contributed by atoms with Gasteiger partial charge in [0.15, 0.2) is 0 Å². The second-order valence-electron chi connectivity index (χ2n) is 6.58. The molecule has 0 radical (unpaired) electrons. The van der Waals surface area contributed by atoms with Gasteiger partial charge in [0.25, 0.3) is 0 Å². The number of rotatable bonds is 1. The number of hydrogen-bond acceptors (Lipinski definition) is 3. The Morgan fingerprint density at radius 1 is 1.00 bits per heavy atom. The van der Waals surface area contributed by atoms with Gasteiger partial charge in [-0.15, -0.1) is 0 Å². The van der Waals surface area contributed by atoms with Crippen molar-refractivity contribution in [3.63, 3.8) is 0 Å². The van der Waals surface area contributed by atoms with Crippen LogP contribution in [0.3, 0.4) is 0 Å². The lowest BCUT2D eigenvalue weighted by Crippen LogP contribution is -2.60. The highest BCUT2D eigenvalue weighted by Gasteiger charge is 2.56. The third-order valence-corrected chi connectivity index (χ3v) is 5.32. The molecule has 3 fully saturated rings. The van der Waals surface area contributed by atoms with Crippen LogP contribution in [0.15, 0.2) is 0 Å². The molecule has 19 heavy (non-hydrogen) atoms. The monoisotopic (exact) mass is 266 g/mol. The molecular weight excluding hydrogens is 240 g/mol.